The molecule has 0 radical (unpaired) electrons. The topological polar surface area (TPSA) is 78.3 Å². The van der Waals surface area contributed by atoms with Gasteiger partial charge in [0.15, 0.2) is 5.82 Å². The number of alkyl halides is 2. The van der Waals surface area contributed by atoms with Crippen molar-refractivity contribution in [1.82, 2.24) is 9.55 Å². The van der Waals surface area contributed by atoms with Crippen LogP contribution in [0.25, 0.3) is 10.9 Å². The van der Waals surface area contributed by atoms with Crippen molar-refractivity contribution in [3.8, 4) is 0 Å². The zero-order chi connectivity index (χ0) is 22.2. The van der Waals surface area contributed by atoms with E-state index in [-0.39, 0.29) is 41.6 Å². The van der Waals surface area contributed by atoms with Gasteiger partial charge in [-0.05, 0) is 45.4 Å². The molecular weight excluding hydrogens is 411 g/mol. The first kappa shape index (κ1) is 20.6. The molecule has 2 aliphatic carbocycles. The molecule has 1 aromatic heterocycles. The Balaban J connectivity index is 1.67. The highest BCUT2D eigenvalue weighted by atomic mass is 19.3. The lowest BCUT2D eigenvalue weighted by Crippen LogP contribution is -2.41. The lowest BCUT2D eigenvalue weighted by Gasteiger charge is -2.28. The van der Waals surface area contributed by atoms with Crippen LogP contribution in [0.2, 0.25) is 0 Å². The largest absolute Gasteiger partial charge is 0.386 e. The Kier molecular flexibility index (Phi) is 4.55. The van der Waals surface area contributed by atoms with Crippen LogP contribution < -0.4 is 16.1 Å². The SMILES string of the molecule is Cc1c(F)c(N2CC3CCCC(F)(F)C(O)C3C2)c(C)c2c1c(=O)[nH]c(=O)n2C1CC1. The molecule has 3 unspecified atom stereocenters. The molecule has 2 saturated carbocycles. The van der Waals surface area contributed by atoms with Crippen LogP contribution in [-0.4, -0.2) is 39.8 Å². The summed E-state index contributed by atoms with van der Waals surface area (Å²) in [6.07, 6.45) is 0.381. The molecule has 3 aliphatic rings. The number of fused-ring (bicyclic) bond motifs is 2. The maximum atomic E-state index is 15.6. The van der Waals surface area contributed by atoms with Gasteiger partial charge >= 0.3 is 5.69 Å². The van der Waals surface area contributed by atoms with Crippen molar-refractivity contribution in [2.45, 2.75) is 64.0 Å². The van der Waals surface area contributed by atoms with Crippen LogP contribution in [-0.2, 0) is 0 Å². The van der Waals surface area contributed by atoms with Crippen LogP contribution >= 0.6 is 0 Å². The molecule has 6 nitrogen and oxygen atoms in total. The molecular formula is C22H26F3N3O3. The van der Waals surface area contributed by atoms with E-state index < -0.39 is 35.0 Å². The Hall–Kier alpha value is -2.29. The number of halogens is 3. The Morgan fingerprint density at radius 2 is 1.81 bits per heavy atom. The van der Waals surface area contributed by atoms with Crippen LogP contribution in [0.5, 0.6) is 0 Å². The molecule has 0 bridgehead atoms. The number of aromatic nitrogens is 2. The van der Waals surface area contributed by atoms with Gasteiger partial charge in [0.1, 0.15) is 6.10 Å². The van der Waals surface area contributed by atoms with Gasteiger partial charge < -0.3 is 10.0 Å². The third-order valence-corrected chi connectivity index (χ3v) is 7.41. The number of hydrogen-bond donors (Lipinski definition) is 2. The molecule has 31 heavy (non-hydrogen) atoms. The first-order valence-electron chi connectivity index (χ1n) is 10.9. The van der Waals surface area contributed by atoms with Crippen LogP contribution in [0.1, 0.15) is 49.3 Å². The molecule has 2 aromatic rings. The minimum Gasteiger partial charge on any atom is -0.386 e. The number of aromatic amines is 1. The first-order chi connectivity index (χ1) is 14.6. The van der Waals surface area contributed by atoms with E-state index in [1.807, 2.05) is 0 Å². The summed E-state index contributed by atoms with van der Waals surface area (Å²) in [4.78, 5) is 29.1. The average molecular weight is 437 g/mol. The number of nitrogens with zero attached hydrogens (tertiary/aromatic N) is 2. The number of rotatable bonds is 2. The van der Waals surface area contributed by atoms with E-state index in [9.17, 15) is 23.5 Å². The monoisotopic (exact) mass is 437 g/mol. The summed E-state index contributed by atoms with van der Waals surface area (Å²) in [5, 5.41) is 10.5. The highest BCUT2D eigenvalue weighted by Gasteiger charge is 2.51. The molecule has 5 rings (SSSR count). The summed E-state index contributed by atoms with van der Waals surface area (Å²) in [7, 11) is 0. The molecule has 1 saturated heterocycles. The number of hydrogen-bond acceptors (Lipinski definition) is 4. The average Bonchev–Trinajstić information content (AvgIpc) is 3.46. The summed E-state index contributed by atoms with van der Waals surface area (Å²) in [5.41, 5.74) is 0.137. The first-order valence-corrected chi connectivity index (χ1v) is 10.9. The van der Waals surface area contributed by atoms with E-state index in [1.165, 1.54) is 6.92 Å². The van der Waals surface area contributed by atoms with Gasteiger partial charge in [-0.3, -0.25) is 14.3 Å². The van der Waals surface area contributed by atoms with Gasteiger partial charge in [-0.2, -0.15) is 0 Å². The molecule has 9 heteroatoms. The normalized spacial score (nSPS) is 28.1. The van der Waals surface area contributed by atoms with Crippen LogP contribution in [0.15, 0.2) is 9.59 Å². The Labute approximate surface area is 176 Å². The summed E-state index contributed by atoms with van der Waals surface area (Å²) in [5.74, 6) is -4.54. The van der Waals surface area contributed by atoms with E-state index in [0.717, 1.165) is 12.8 Å². The number of aryl methyl sites for hydroxylation is 2. The predicted molar refractivity (Wildman–Crippen MR) is 111 cm³/mol. The number of H-pyrrole nitrogens is 1. The third-order valence-electron chi connectivity index (χ3n) is 7.41. The van der Waals surface area contributed by atoms with Gasteiger partial charge in [0.05, 0.1) is 16.6 Å². The predicted octanol–water partition coefficient (Wildman–Crippen LogP) is 3.01. The lowest BCUT2D eigenvalue weighted by atomic mass is 9.89. The second kappa shape index (κ2) is 6.85. The van der Waals surface area contributed by atoms with Gasteiger partial charge in [0, 0.05) is 42.6 Å². The van der Waals surface area contributed by atoms with E-state index in [4.69, 9.17) is 0 Å². The molecule has 2 heterocycles. The molecule has 1 aromatic carbocycles. The van der Waals surface area contributed by atoms with Crippen molar-refractivity contribution in [3.05, 3.63) is 37.8 Å². The minimum atomic E-state index is -3.15. The maximum absolute atomic E-state index is 15.6. The highest BCUT2D eigenvalue weighted by molar-refractivity contribution is 5.90. The molecule has 3 atom stereocenters. The van der Waals surface area contributed by atoms with Gasteiger partial charge in [0.25, 0.3) is 11.5 Å². The van der Waals surface area contributed by atoms with Gasteiger partial charge in [0.2, 0.25) is 0 Å². The Morgan fingerprint density at radius 1 is 1.10 bits per heavy atom. The van der Waals surface area contributed by atoms with Crippen molar-refractivity contribution >= 4 is 16.6 Å². The van der Waals surface area contributed by atoms with Gasteiger partial charge in [-0.15, -0.1) is 0 Å². The second-order valence-corrected chi connectivity index (χ2v) is 9.42. The molecule has 168 valence electrons. The number of aliphatic hydroxyl groups is 1. The Morgan fingerprint density at radius 3 is 2.48 bits per heavy atom. The van der Waals surface area contributed by atoms with E-state index in [2.05, 4.69) is 4.98 Å². The van der Waals surface area contributed by atoms with E-state index >= 15 is 4.39 Å². The molecule has 0 amide bonds. The summed E-state index contributed by atoms with van der Waals surface area (Å²) < 4.78 is 45.7. The molecule has 1 aliphatic heterocycles. The summed E-state index contributed by atoms with van der Waals surface area (Å²) in [6.45, 7) is 3.66. The second-order valence-electron chi connectivity index (χ2n) is 9.42. The van der Waals surface area contributed by atoms with E-state index in [0.29, 0.717) is 30.5 Å². The summed E-state index contributed by atoms with van der Waals surface area (Å²) >= 11 is 0. The van der Waals surface area contributed by atoms with Gasteiger partial charge in [-0.25, -0.2) is 18.0 Å². The minimum absolute atomic E-state index is 0.0338. The number of aliphatic hydroxyl groups excluding tert-OH is 1. The Bertz CT molecular complexity index is 1180. The van der Waals surface area contributed by atoms with Crippen molar-refractivity contribution < 1.29 is 18.3 Å². The van der Waals surface area contributed by atoms with Crippen molar-refractivity contribution in [2.24, 2.45) is 11.8 Å². The van der Waals surface area contributed by atoms with Crippen molar-refractivity contribution in [2.75, 3.05) is 18.0 Å². The number of benzene rings is 1. The number of anilines is 1. The van der Waals surface area contributed by atoms with Gasteiger partial charge in [-0.1, -0.05) is 0 Å². The smallest absolute Gasteiger partial charge is 0.329 e. The van der Waals surface area contributed by atoms with Crippen LogP contribution in [0, 0.1) is 31.5 Å². The van der Waals surface area contributed by atoms with E-state index in [1.54, 1.807) is 16.4 Å². The number of nitrogens with one attached hydrogen (secondary N) is 1. The fraction of sp³-hybridized carbons (Fsp3) is 0.636. The standard InChI is InChI=1S/C22H26F3N3O3/c1-10-15-17(28(13-5-6-13)21(31)26-20(15)30)11(2)18(16(10)23)27-8-12-4-3-7-22(24,25)19(29)14(12)9-27/h12-14,19,29H,3-9H2,1-2H3,(H,26,30,31). The molecule has 2 N–H and O–H groups in total. The third kappa shape index (κ3) is 3.03. The van der Waals surface area contributed by atoms with Crippen molar-refractivity contribution in [1.29, 1.82) is 0 Å². The molecule has 0 spiro atoms. The van der Waals surface area contributed by atoms with Crippen molar-refractivity contribution in [3.63, 3.8) is 0 Å². The zero-order valence-corrected chi connectivity index (χ0v) is 17.6. The quantitative estimate of drug-likeness (QED) is 0.757. The highest BCUT2D eigenvalue weighted by Crippen LogP contribution is 2.45. The van der Waals surface area contributed by atoms with Crippen LogP contribution in [0.3, 0.4) is 0 Å². The molecule has 3 fully saturated rings. The zero-order valence-electron chi connectivity index (χ0n) is 17.6. The van der Waals surface area contributed by atoms with Crippen LogP contribution in [0.4, 0.5) is 18.9 Å². The fourth-order valence-electron chi connectivity index (χ4n) is 5.69. The fourth-order valence-corrected chi connectivity index (χ4v) is 5.69. The lowest BCUT2D eigenvalue weighted by molar-refractivity contribution is -0.130. The maximum Gasteiger partial charge on any atom is 0.329 e. The summed E-state index contributed by atoms with van der Waals surface area (Å²) in [6, 6.07) is -0.0338.